The molecule has 0 radical (unpaired) electrons. The Morgan fingerprint density at radius 1 is 1.05 bits per heavy atom. The molecule has 1 N–H and O–H groups in total. The monoisotopic (exact) mass is 532 g/mol. The zero-order valence-electron chi connectivity index (χ0n) is 21.8. The summed E-state index contributed by atoms with van der Waals surface area (Å²) in [5.74, 6) is 1.50. The lowest BCUT2D eigenvalue weighted by Crippen LogP contribution is -2.43. The summed E-state index contributed by atoms with van der Waals surface area (Å²) in [5, 5.41) is 8.76. The van der Waals surface area contributed by atoms with Gasteiger partial charge in [0.1, 0.15) is 23.1 Å². The molecule has 0 aliphatic carbocycles. The number of fused-ring (bicyclic) bond motifs is 1. The van der Waals surface area contributed by atoms with Gasteiger partial charge in [0.15, 0.2) is 6.61 Å². The van der Waals surface area contributed by atoms with Crippen molar-refractivity contribution >= 4 is 23.3 Å². The molecule has 0 spiro atoms. The number of hydrogen-bond acceptors (Lipinski definition) is 9. The first-order valence-electron chi connectivity index (χ1n) is 12.6. The Kier molecular flexibility index (Phi) is 7.31. The lowest BCUT2D eigenvalue weighted by Gasteiger charge is -2.31. The van der Waals surface area contributed by atoms with Crippen molar-refractivity contribution in [1.82, 2.24) is 19.9 Å². The number of amides is 1. The first-order valence-corrected chi connectivity index (χ1v) is 12.6. The Labute approximate surface area is 224 Å². The van der Waals surface area contributed by atoms with Crippen molar-refractivity contribution in [2.45, 2.75) is 39.7 Å². The van der Waals surface area contributed by atoms with E-state index in [1.54, 1.807) is 11.1 Å². The van der Waals surface area contributed by atoms with Gasteiger partial charge in [-0.25, -0.2) is 14.8 Å². The zero-order chi connectivity index (χ0) is 27.5. The van der Waals surface area contributed by atoms with E-state index in [1.807, 2.05) is 57.2 Å². The topological polar surface area (TPSA) is 137 Å². The van der Waals surface area contributed by atoms with Crippen LogP contribution >= 0.6 is 0 Å². The number of para-hydroxylation sites is 1. The van der Waals surface area contributed by atoms with Gasteiger partial charge in [-0.2, -0.15) is 4.98 Å². The van der Waals surface area contributed by atoms with E-state index in [9.17, 15) is 9.59 Å². The van der Waals surface area contributed by atoms with Crippen LogP contribution in [0.15, 0.2) is 47.0 Å². The third kappa shape index (κ3) is 5.92. The van der Waals surface area contributed by atoms with E-state index < -0.39 is 6.16 Å². The Morgan fingerprint density at radius 3 is 2.46 bits per heavy atom. The number of carbonyl (C=O) groups excluding carboxylic acids is 1. The van der Waals surface area contributed by atoms with Gasteiger partial charge in [-0.3, -0.25) is 4.79 Å². The van der Waals surface area contributed by atoms with E-state index in [2.05, 4.69) is 15.0 Å². The molecule has 1 amide bonds. The SMILES string of the molecule is Cc1ccccc1Oc1ncc2nc(-c3cc(C)c(OCC(=O)N4CCC(OC(=O)O)CC4)c(C)c3)oc2n1. The number of aryl methyl sites for hydroxylation is 3. The normalized spacial score (nSPS) is 13.9. The molecule has 1 fully saturated rings. The largest absolute Gasteiger partial charge is 0.506 e. The van der Waals surface area contributed by atoms with Crippen LogP contribution in [0.25, 0.3) is 22.7 Å². The molecule has 5 rings (SSSR count). The van der Waals surface area contributed by atoms with Crippen LogP contribution in [-0.2, 0) is 9.53 Å². The van der Waals surface area contributed by atoms with Gasteiger partial charge in [0, 0.05) is 31.5 Å². The number of carbonyl (C=O) groups is 2. The van der Waals surface area contributed by atoms with Crippen LogP contribution in [0.5, 0.6) is 17.5 Å². The summed E-state index contributed by atoms with van der Waals surface area (Å²) in [4.78, 5) is 38.2. The van der Waals surface area contributed by atoms with Crippen molar-refractivity contribution in [3.63, 3.8) is 0 Å². The molecular weight excluding hydrogens is 504 g/mol. The number of rotatable bonds is 7. The molecule has 4 aromatic rings. The third-order valence-corrected chi connectivity index (χ3v) is 6.53. The molecule has 2 aromatic carbocycles. The molecule has 0 saturated carbocycles. The lowest BCUT2D eigenvalue weighted by atomic mass is 10.1. The van der Waals surface area contributed by atoms with Crippen molar-refractivity contribution in [3.05, 3.63) is 59.3 Å². The second-order valence-corrected chi connectivity index (χ2v) is 9.42. The smallest absolute Gasteiger partial charge is 0.483 e. The van der Waals surface area contributed by atoms with Crippen LogP contribution in [0, 0.1) is 20.8 Å². The molecule has 39 heavy (non-hydrogen) atoms. The van der Waals surface area contributed by atoms with Gasteiger partial charge in [0.05, 0.1) is 6.20 Å². The minimum atomic E-state index is -1.29. The van der Waals surface area contributed by atoms with Gasteiger partial charge < -0.3 is 28.6 Å². The number of oxazole rings is 1. The molecule has 11 nitrogen and oxygen atoms in total. The average molecular weight is 533 g/mol. The highest BCUT2D eigenvalue weighted by molar-refractivity contribution is 5.78. The molecule has 3 heterocycles. The second kappa shape index (κ2) is 11.0. The fraction of sp³-hybridized carbons (Fsp3) is 0.321. The van der Waals surface area contributed by atoms with Crippen LogP contribution in [0.2, 0.25) is 0 Å². The van der Waals surface area contributed by atoms with Crippen LogP contribution in [0.1, 0.15) is 29.5 Å². The summed E-state index contributed by atoms with van der Waals surface area (Å²) in [6.45, 7) is 6.46. The van der Waals surface area contributed by atoms with E-state index in [1.165, 1.54) is 0 Å². The quantitative estimate of drug-likeness (QED) is 0.321. The van der Waals surface area contributed by atoms with Crippen molar-refractivity contribution in [1.29, 1.82) is 0 Å². The number of aromatic nitrogens is 3. The molecule has 11 heteroatoms. The van der Waals surface area contributed by atoms with Gasteiger partial charge in [0.25, 0.3) is 11.6 Å². The van der Waals surface area contributed by atoms with Crippen LogP contribution in [0.4, 0.5) is 4.79 Å². The summed E-state index contributed by atoms with van der Waals surface area (Å²) >= 11 is 0. The molecule has 0 unspecified atom stereocenters. The van der Waals surface area contributed by atoms with Gasteiger partial charge in [-0.05, 0) is 55.7 Å². The number of likely N-dealkylation sites (tertiary alicyclic amines) is 1. The number of ether oxygens (including phenoxy) is 3. The highest BCUT2D eigenvalue weighted by Gasteiger charge is 2.25. The summed E-state index contributed by atoms with van der Waals surface area (Å²) in [6, 6.07) is 11.5. The van der Waals surface area contributed by atoms with E-state index in [-0.39, 0.29) is 24.6 Å². The van der Waals surface area contributed by atoms with E-state index in [0.29, 0.717) is 54.6 Å². The summed E-state index contributed by atoms with van der Waals surface area (Å²) in [6.07, 6.45) is 0.829. The number of piperidine rings is 1. The van der Waals surface area contributed by atoms with Crippen LogP contribution < -0.4 is 9.47 Å². The molecule has 1 aliphatic rings. The average Bonchev–Trinajstić information content (AvgIpc) is 3.33. The molecule has 0 atom stereocenters. The second-order valence-electron chi connectivity index (χ2n) is 9.42. The van der Waals surface area contributed by atoms with E-state index in [4.69, 9.17) is 23.7 Å². The Balaban J connectivity index is 1.25. The molecule has 1 saturated heterocycles. The number of hydrogen-bond donors (Lipinski definition) is 1. The molecular formula is C28H28N4O7. The Bertz CT molecular complexity index is 1500. The maximum atomic E-state index is 12.7. The molecule has 0 bridgehead atoms. The first kappa shape index (κ1) is 26.0. The third-order valence-electron chi connectivity index (χ3n) is 6.53. The van der Waals surface area contributed by atoms with Crippen molar-refractivity contribution in [3.8, 4) is 29.0 Å². The number of carboxylic acid groups (broad SMARTS) is 1. The van der Waals surface area contributed by atoms with Gasteiger partial charge in [-0.15, -0.1) is 0 Å². The number of nitrogens with zero attached hydrogens (tertiary/aromatic N) is 4. The summed E-state index contributed by atoms with van der Waals surface area (Å²) in [5.41, 5.74) is 4.16. The minimum Gasteiger partial charge on any atom is -0.483 e. The maximum absolute atomic E-state index is 12.7. The van der Waals surface area contributed by atoms with Gasteiger partial charge in [-0.1, -0.05) is 18.2 Å². The van der Waals surface area contributed by atoms with Gasteiger partial charge >= 0.3 is 12.2 Å². The number of benzene rings is 2. The fourth-order valence-corrected chi connectivity index (χ4v) is 4.55. The van der Waals surface area contributed by atoms with Crippen molar-refractivity contribution in [2.75, 3.05) is 19.7 Å². The highest BCUT2D eigenvalue weighted by Crippen LogP contribution is 2.32. The standard InChI is InChI=1S/C28H28N4O7/c1-16-6-4-5-7-22(16)38-27-29-14-21-26(31-27)39-25(30-21)19-12-17(2)24(18(3)13-19)36-15-23(33)32-10-8-20(9-11-32)37-28(34)35/h4-7,12-14,20H,8-11,15H2,1-3H3,(H,34,35). The van der Waals surface area contributed by atoms with Crippen LogP contribution in [0.3, 0.4) is 0 Å². The Hall–Kier alpha value is -4.67. The van der Waals surface area contributed by atoms with Gasteiger partial charge in [0.2, 0.25) is 5.89 Å². The molecule has 1 aliphatic heterocycles. The lowest BCUT2D eigenvalue weighted by molar-refractivity contribution is -0.135. The van der Waals surface area contributed by atoms with E-state index in [0.717, 1.165) is 22.3 Å². The zero-order valence-corrected chi connectivity index (χ0v) is 21.8. The molecule has 202 valence electrons. The fourth-order valence-electron chi connectivity index (χ4n) is 4.55. The predicted octanol–water partition coefficient (Wildman–Crippen LogP) is 5.07. The minimum absolute atomic E-state index is 0.117. The summed E-state index contributed by atoms with van der Waals surface area (Å²) in [7, 11) is 0. The predicted molar refractivity (Wildman–Crippen MR) is 140 cm³/mol. The Morgan fingerprint density at radius 2 is 1.77 bits per heavy atom. The van der Waals surface area contributed by atoms with Crippen molar-refractivity contribution < 1.29 is 33.3 Å². The maximum Gasteiger partial charge on any atom is 0.506 e. The first-order chi connectivity index (χ1) is 18.8. The van der Waals surface area contributed by atoms with E-state index >= 15 is 0 Å². The molecule has 2 aromatic heterocycles. The van der Waals surface area contributed by atoms with Crippen LogP contribution in [-0.4, -0.2) is 62.8 Å². The summed E-state index contributed by atoms with van der Waals surface area (Å²) < 4.78 is 22.4. The van der Waals surface area contributed by atoms with Crippen molar-refractivity contribution in [2.24, 2.45) is 0 Å². The highest BCUT2D eigenvalue weighted by atomic mass is 16.7.